The SMILES string of the molecule is CC(C)CONCc1ccc(C(F)F)cc1. The number of benzene rings is 1. The maximum atomic E-state index is 12.3. The Hall–Kier alpha value is -1.00. The molecule has 0 saturated carbocycles. The summed E-state index contributed by atoms with van der Waals surface area (Å²) in [5.74, 6) is 0.466. The number of halogens is 2. The Morgan fingerprint density at radius 1 is 1.19 bits per heavy atom. The van der Waals surface area contributed by atoms with Crippen LogP contribution in [0.2, 0.25) is 0 Å². The molecule has 0 atom stereocenters. The fourth-order valence-corrected chi connectivity index (χ4v) is 1.14. The Bertz CT molecular complexity index is 298. The van der Waals surface area contributed by atoms with Crippen LogP contribution in [0.3, 0.4) is 0 Å². The monoisotopic (exact) mass is 229 g/mol. The van der Waals surface area contributed by atoms with Crippen molar-refractivity contribution in [2.24, 2.45) is 5.92 Å². The molecule has 2 nitrogen and oxygen atoms in total. The van der Waals surface area contributed by atoms with Crippen LogP contribution in [0.15, 0.2) is 24.3 Å². The van der Waals surface area contributed by atoms with Crippen molar-refractivity contribution >= 4 is 0 Å². The van der Waals surface area contributed by atoms with Gasteiger partial charge in [0.1, 0.15) is 0 Å². The highest BCUT2D eigenvalue weighted by Gasteiger charge is 2.05. The Morgan fingerprint density at radius 2 is 1.81 bits per heavy atom. The molecule has 0 spiro atoms. The molecular formula is C12H17F2NO. The zero-order valence-corrected chi connectivity index (χ0v) is 9.54. The molecule has 0 unspecified atom stereocenters. The minimum Gasteiger partial charge on any atom is -0.301 e. The second-order valence-electron chi connectivity index (χ2n) is 4.07. The van der Waals surface area contributed by atoms with Gasteiger partial charge in [-0.2, -0.15) is 5.48 Å². The van der Waals surface area contributed by atoms with Gasteiger partial charge in [-0.3, -0.25) is 0 Å². The van der Waals surface area contributed by atoms with Gasteiger partial charge in [-0.25, -0.2) is 8.78 Å². The quantitative estimate of drug-likeness (QED) is 0.597. The minimum absolute atomic E-state index is 0.0480. The van der Waals surface area contributed by atoms with Crippen LogP contribution in [-0.2, 0) is 11.4 Å². The van der Waals surface area contributed by atoms with Crippen LogP contribution in [0.5, 0.6) is 0 Å². The molecule has 0 aliphatic rings. The lowest BCUT2D eigenvalue weighted by Gasteiger charge is -2.08. The van der Waals surface area contributed by atoms with Crippen molar-refractivity contribution < 1.29 is 13.6 Å². The molecule has 16 heavy (non-hydrogen) atoms. The lowest BCUT2D eigenvalue weighted by atomic mass is 10.1. The average Bonchev–Trinajstić information content (AvgIpc) is 2.25. The highest BCUT2D eigenvalue weighted by atomic mass is 19.3. The molecule has 0 aliphatic carbocycles. The zero-order valence-electron chi connectivity index (χ0n) is 9.54. The van der Waals surface area contributed by atoms with E-state index in [1.165, 1.54) is 12.1 Å². The molecule has 0 amide bonds. The van der Waals surface area contributed by atoms with Gasteiger partial charge >= 0.3 is 0 Å². The van der Waals surface area contributed by atoms with Gasteiger partial charge in [0.05, 0.1) is 6.61 Å². The van der Waals surface area contributed by atoms with Gasteiger partial charge in [0.2, 0.25) is 0 Å². The molecule has 1 N–H and O–H groups in total. The van der Waals surface area contributed by atoms with E-state index in [0.717, 1.165) is 5.56 Å². The standard InChI is InChI=1S/C12H17F2NO/c1-9(2)8-16-15-7-10-3-5-11(6-4-10)12(13)14/h3-6,9,12,15H,7-8H2,1-2H3. The van der Waals surface area contributed by atoms with Crippen molar-refractivity contribution in [3.05, 3.63) is 35.4 Å². The van der Waals surface area contributed by atoms with Gasteiger partial charge in [0, 0.05) is 12.1 Å². The number of alkyl halides is 2. The first-order valence-electron chi connectivity index (χ1n) is 5.31. The largest absolute Gasteiger partial charge is 0.301 e. The van der Waals surface area contributed by atoms with Crippen LogP contribution in [0.4, 0.5) is 8.78 Å². The molecule has 0 aliphatic heterocycles. The number of rotatable bonds is 6. The summed E-state index contributed by atoms with van der Waals surface area (Å²) in [6.45, 7) is 5.27. The smallest absolute Gasteiger partial charge is 0.263 e. The van der Waals surface area contributed by atoms with Crippen LogP contribution < -0.4 is 5.48 Å². The third-order valence-electron chi connectivity index (χ3n) is 2.03. The van der Waals surface area contributed by atoms with E-state index >= 15 is 0 Å². The fraction of sp³-hybridized carbons (Fsp3) is 0.500. The lowest BCUT2D eigenvalue weighted by Crippen LogP contribution is -2.17. The normalized spacial score (nSPS) is 11.4. The van der Waals surface area contributed by atoms with Gasteiger partial charge in [-0.1, -0.05) is 38.1 Å². The van der Waals surface area contributed by atoms with E-state index in [1.807, 2.05) is 0 Å². The lowest BCUT2D eigenvalue weighted by molar-refractivity contribution is 0.0196. The number of hydroxylamine groups is 1. The van der Waals surface area contributed by atoms with Crippen molar-refractivity contribution in [3.63, 3.8) is 0 Å². The van der Waals surface area contributed by atoms with Gasteiger partial charge < -0.3 is 4.84 Å². The van der Waals surface area contributed by atoms with Crippen molar-refractivity contribution in [1.82, 2.24) is 5.48 Å². The first-order valence-corrected chi connectivity index (χ1v) is 5.31. The number of hydrogen-bond donors (Lipinski definition) is 1. The van der Waals surface area contributed by atoms with E-state index in [9.17, 15) is 8.78 Å². The summed E-state index contributed by atoms with van der Waals surface area (Å²) in [7, 11) is 0. The Kier molecular flexibility index (Phi) is 5.35. The summed E-state index contributed by atoms with van der Waals surface area (Å²) < 4.78 is 24.5. The molecule has 0 heterocycles. The van der Waals surface area contributed by atoms with Crippen molar-refractivity contribution in [2.45, 2.75) is 26.8 Å². The molecule has 0 radical (unpaired) electrons. The molecule has 1 aromatic carbocycles. The van der Waals surface area contributed by atoms with Crippen LogP contribution in [-0.4, -0.2) is 6.61 Å². The predicted octanol–water partition coefficient (Wildman–Crippen LogP) is 3.30. The average molecular weight is 229 g/mol. The molecule has 4 heteroatoms. The summed E-state index contributed by atoms with van der Waals surface area (Å²) in [5.41, 5.74) is 3.77. The van der Waals surface area contributed by atoms with E-state index in [4.69, 9.17) is 4.84 Å². The first kappa shape index (κ1) is 13.1. The van der Waals surface area contributed by atoms with Gasteiger partial charge in [-0.05, 0) is 11.5 Å². The third-order valence-corrected chi connectivity index (χ3v) is 2.03. The number of hydrogen-bond acceptors (Lipinski definition) is 2. The maximum absolute atomic E-state index is 12.3. The molecule has 90 valence electrons. The molecule has 0 bridgehead atoms. The van der Waals surface area contributed by atoms with Crippen LogP contribution >= 0.6 is 0 Å². The Labute approximate surface area is 94.6 Å². The van der Waals surface area contributed by atoms with Crippen LogP contribution in [0.1, 0.15) is 31.4 Å². The van der Waals surface area contributed by atoms with E-state index in [1.54, 1.807) is 12.1 Å². The van der Waals surface area contributed by atoms with Crippen molar-refractivity contribution in [2.75, 3.05) is 6.61 Å². The molecule has 0 aromatic heterocycles. The predicted molar refractivity (Wildman–Crippen MR) is 59.0 cm³/mol. The molecule has 0 fully saturated rings. The molecule has 1 aromatic rings. The topological polar surface area (TPSA) is 21.3 Å². The molecule has 0 saturated heterocycles. The minimum atomic E-state index is -2.40. The Morgan fingerprint density at radius 3 is 2.31 bits per heavy atom. The molecule has 1 rings (SSSR count). The van der Waals surface area contributed by atoms with Gasteiger partial charge in [0.25, 0.3) is 6.43 Å². The summed E-state index contributed by atoms with van der Waals surface area (Å²) >= 11 is 0. The van der Waals surface area contributed by atoms with E-state index in [2.05, 4.69) is 19.3 Å². The van der Waals surface area contributed by atoms with E-state index < -0.39 is 6.43 Å². The first-order chi connectivity index (χ1) is 7.59. The summed E-state index contributed by atoms with van der Waals surface area (Å²) in [6, 6.07) is 6.22. The van der Waals surface area contributed by atoms with Crippen LogP contribution in [0, 0.1) is 5.92 Å². The van der Waals surface area contributed by atoms with E-state index in [0.29, 0.717) is 19.1 Å². The summed E-state index contributed by atoms with van der Waals surface area (Å²) in [5, 5.41) is 0. The van der Waals surface area contributed by atoms with Crippen molar-refractivity contribution in [3.8, 4) is 0 Å². The second-order valence-corrected chi connectivity index (χ2v) is 4.07. The van der Waals surface area contributed by atoms with Gasteiger partial charge in [-0.15, -0.1) is 0 Å². The van der Waals surface area contributed by atoms with Crippen molar-refractivity contribution in [1.29, 1.82) is 0 Å². The number of nitrogens with one attached hydrogen (secondary N) is 1. The zero-order chi connectivity index (χ0) is 12.0. The van der Waals surface area contributed by atoms with Crippen LogP contribution in [0.25, 0.3) is 0 Å². The summed E-state index contributed by atoms with van der Waals surface area (Å²) in [6.07, 6.45) is -2.40. The molecular weight excluding hydrogens is 212 g/mol. The fourth-order valence-electron chi connectivity index (χ4n) is 1.14. The Balaban J connectivity index is 2.32. The van der Waals surface area contributed by atoms with E-state index in [-0.39, 0.29) is 5.56 Å². The third kappa shape index (κ3) is 4.68. The highest BCUT2D eigenvalue weighted by molar-refractivity contribution is 5.22. The van der Waals surface area contributed by atoms with Gasteiger partial charge in [0.15, 0.2) is 0 Å². The maximum Gasteiger partial charge on any atom is 0.263 e. The summed E-state index contributed by atoms with van der Waals surface area (Å²) in [4.78, 5) is 5.18. The second kappa shape index (κ2) is 6.55. The highest BCUT2D eigenvalue weighted by Crippen LogP contribution is 2.18.